The fourth-order valence-electron chi connectivity index (χ4n) is 5.35. The molecular weight excluding hydrogens is 721 g/mol. The molecule has 0 fully saturated rings. The average Bonchev–Trinajstić information content (AvgIpc) is 3.41. The van der Waals surface area contributed by atoms with Gasteiger partial charge in [0.15, 0.2) is 0 Å². The molecule has 0 saturated heterocycles. The molecule has 0 saturated carbocycles. The molecule has 7 aromatic rings. The van der Waals surface area contributed by atoms with Gasteiger partial charge in [-0.15, -0.1) is 54.1 Å². The molecule has 1 radical (unpaired) electrons. The van der Waals surface area contributed by atoms with Crippen LogP contribution >= 0.6 is 0 Å². The maximum absolute atomic E-state index is 6.35. The topological polar surface area (TPSA) is 38.9 Å². The Kier molecular flexibility index (Phi) is 9.17. The quantitative estimate of drug-likeness (QED) is 0.133. The number of para-hydroxylation sites is 1. The van der Waals surface area contributed by atoms with E-state index in [1.54, 1.807) is 6.20 Å². The Morgan fingerprint density at radius 1 is 0.674 bits per heavy atom. The second kappa shape index (κ2) is 13.0. The number of furan rings is 1. The Hall–Kier alpha value is -4.15. The Bertz CT molecular complexity index is 1870. The maximum atomic E-state index is 6.35. The molecule has 0 aliphatic rings. The van der Waals surface area contributed by atoms with E-state index in [9.17, 15) is 0 Å². The first-order chi connectivity index (χ1) is 20.4. The van der Waals surface area contributed by atoms with Crippen molar-refractivity contribution in [1.29, 1.82) is 0 Å². The number of hydrogen-bond acceptors (Lipinski definition) is 3. The van der Waals surface area contributed by atoms with E-state index >= 15 is 0 Å². The van der Waals surface area contributed by atoms with E-state index in [1.807, 2.05) is 60.7 Å². The van der Waals surface area contributed by atoms with Crippen LogP contribution in [-0.4, -0.2) is 18.0 Å². The Balaban J connectivity index is 0.000000180. The summed E-state index contributed by atoms with van der Waals surface area (Å²) in [7, 11) is -1.27. The number of rotatable bonds is 4. The summed E-state index contributed by atoms with van der Waals surface area (Å²) < 4.78 is 6.35. The first-order valence-electron chi connectivity index (χ1n) is 14.2. The molecular formula is C38H32IrN2OSi-2. The van der Waals surface area contributed by atoms with Gasteiger partial charge in [0.05, 0.1) is 13.7 Å². The first kappa shape index (κ1) is 30.3. The van der Waals surface area contributed by atoms with Crippen molar-refractivity contribution in [3.63, 3.8) is 0 Å². The van der Waals surface area contributed by atoms with E-state index in [2.05, 4.69) is 103 Å². The molecule has 0 spiro atoms. The molecule has 0 aliphatic heterocycles. The van der Waals surface area contributed by atoms with Crippen LogP contribution in [0.15, 0.2) is 126 Å². The van der Waals surface area contributed by atoms with Gasteiger partial charge in [-0.25, -0.2) is 0 Å². The van der Waals surface area contributed by atoms with Gasteiger partial charge in [-0.2, -0.15) is 0 Å². The minimum atomic E-state index is -1.27. The van der Waals surface area contributed by atoms with Crippen molar-refractivity contribution in [2.24, 2.45) is 0 Å². The molecule has 3 heterocycles. The minimum absolute atomic E-state index is 0. The summed E-state index contributed by atoms with van der Waals surface area (Å²) in [6, 6.07) is 43.2. The van der Waals surface area contributed by atoms with Crippen LogP contribution in [0.2, 0.25) is 19.6 Å². The van der Waals surface area contributed by atoms with Gasteiger partial charge in [-0.3, -0.25) is 0 Å². The number of aryl methyl sites for hydroxylation is 1. The molecule has 0 aliphatic carbocycles. The zero-order chi connectivity index (χ0) is 29.1. The molecule has 7 rings (SSSR count). The van der Waals surface area contributed by atoms with Crippen LogP contribution in [0.25, 0.3) is 55.6 Å². The van der Waals surface area contributed by atoms with Crippen LogP contribution in [0.1, 0.15) is 5.56 Å². The second-order valence-corrected chi connectivity index (χ2v) is 16.4. The summed E-state index contributed by atoms with van der Waals surface area (Å²) in [5, 5.41) is 3.65. The SMILES string of the molecule is Cc1cc(-c2[c-]cccc2)ncc1[Si](C)(C)C.[Ir].[c-]1ccc2c(oc3c(-c4ccccc4)cccc32)c1-c1ccccn1. The molecule has 215 valence electrons. The predicted octanol–water partition coefficient (Wildman–Crippen LogP) is 9.52. The van der Waals surface area contributed by atoms with E-state index in [-0.39, 0.29) is 20.1 Å². The van der Waals surface area contributed by atoms with Gasteiger partial charge in [0.25, 0.3) is 0 Å². The van der Waals surface area contributed by atoms with Crippen molar-refractivity contribution in [1.82, 2.24) is 9.97 Å². The molecule has 0 unspecified atom stereocenters. The Morgan fingerprint density at radius 3 is 2.14 bits per heavy atom. The van der Waals surface area contributed by atoms with Crippen LogP contribution in [0.3, 0.4) is 0 Å². The molecule has 4 aromatic carbocycles. The van der Waals surface area contributed by atoms with Crippen molar-refractivity contribution >= 4 is 35.2 Å². The monoisotopic (exact) mass is 753 g/mol. The van der Waals surface area contributed by atoms with Gasteiger partial charge in [-0.1, -0.05) is 103 Å². The Morgan fingerprint density at radius 2 is 1.44 bits per heavy atom. The molecule has 43 heavy (non-hydrogen) atoms. The predicted molar refractivity (Wildman–Crippen MR) is 177 cm³/mol. The van der Waals surface area contributed by atoms with Gasteiger partial charge in [-0.05, 0) is 35.1 Å². The van der Waals surface area contributed by atoms with Crippen LogP contribution in [0, 0.1) is 19.1 Å². The van der Waals surface area contributed by atoms with Crippen molar-refractivity contribution in [2.45, 2.75) is 26.6 Å². The van der Waals surface area contributed by atoms with Crippen molar-refractivity contribution in [2.75, 3.05) is 0 Å². The number of aromatic nitrogens is 2. The number of hydrogen-bond donors (Lipinski definition) is 0. The van der Waals surface area contributed by atoms with E-state index in [4.69, 9.17) is 4.42 Å². The molecule has 0 bridgehead atoms. The number of benzene rings is 4. The third kappa shape index (κ3) is 6.45. The van der Waals surface area contributed by atoms with E-state index in [1.165, 1.54) is 10.8 Å². The average molecular weight is 753 g/mol. The van der Waals surface area contributed by atoms with Gasteiger partial charge < -0.3 is 14.4 Å². The second-order valence-electron chi connectivity index (χ2n) is 11.4. The van der Waals surface area contributed by atoms with Crippen molar-refractivity contribution in [3.05, 3.63) is 139 Å². The summed E-state index contributed by atoms with van der Waals surface area (Å²) in [5.41, 5.74) is 9.19. The fraction of sp³-hybridized carbons (Fsp3) is 0.105. The van der Waals surface area contributed by atoms with E-state index in [0.29, 0.717) is 0 Å². The fourth-order valence-corrected chi connectivity index (χ4v) is 7.06. The van der Waals surface area contributed by atoms with Crippen molar-refractivity contribution < 1.29 is 24.5 Å². The number of nitrogens with zero attached hydrogens (tertiary/aromatic N) is 2. The van der Waals surface area contributed by atoms with Gasteiger partial charge in [0, 0.05) is 43.4 Å². The molecule has 0 atom stereocenters. The van der Waals surface area contributed by atoms with Crippen LogP contribution in [-0.2, 0) is 20.1 Å². The standard InChI is InChI=1S/C23H14NO.C15H18NSi.Ir/c1-2-8-16(9-3-1)17-10-6-11-18-19-12-7-13-20(23(19)25-22(17)18)21-14-4-5-15-24-21;1-12-10-14(13-8-6-5-7-9-13)16-11-15(12)17(2,3)4;/h1-12,14-15H;5-8,10-11H,1-4H3;/q2*-1;. The van der Waals surface area contributed by atoms with Gasteiger partial charge in [0.2, 0.25) is 0 Å². The number of pyridine rings is 2. The summed E-state index contributed by atoms with van der Waals surface area (Å²) in [6.07, 6.45) is 3.85. The van der Waals surface area contributed by atoms with E-state index in [0.717, 1.165) is 55.6 Å². The summed E-state index contributed by atoms with van der Waals surface area (Å²) in [6.45, 7) is 9.24. The zero-order valence-electron chi connectivity index (χ0n) is 24.7. The molecule has 0 N–H and O–H groups in total. The summed E-state index contributed by atoms with van der Waals surface area (Å²) in [4.78, 5) is 9.04. The zero-order valence-corrected chi connectivity index (χ0v) is 28.1. The van der Waals surface area contributed by atoms with E-state index < -0.39 is 8.07 Å². The normalized spacial score (nSPS) is 11.1. The molecule has 3 aromatic heterocycles. The largest absolute Gasteiger partial charge is 0.500 e. The molecule has 5 heteroatoms. The maximum Gasteiger partial charge on any atom is 0.128 e. The minimum Gasteiger partial charge on any atom is -0.500 e. The van der Waals surface area contributed by atoms with Gasteiger partial charge in [0.1, 0.15) is 5.58 Å². The third-order valence-corrected chi connectivity index (χ3v) is 9.51. The third-order valence-electron chi connectivity index (χ3n) is 7.37. The van der Waals surface area contributed by atoms with Crippen LogP contribution in [0.5, 0.6) is 0 Å². The first-order valence-corrected chi connectivity index (χ1v) is 17.7. The summed E-state index contributed by atoms with van der Waals surface area (Å²) >= 11 is 0. The van der Waals surface area contributed by atoms with Crippen LogP contribution in [0.4, 0.5) is 0 Å². The Labute approximate surface area is 268 Å². The number of fused-ring (bicyclic) bond motifs is 3. The van der Waals surface area contributed by atoms with Crippen LogP contribution < -0.4 is 5.19 Å². The summed E-state index contributed by atoms with van der Waals surface area (Å²) in [5.74, 6) is 0. The molecule has 0 amide bonds. The molecule has 3 nitrogen and oxygen atoms in total. The van der Waals surface area contributed by atoms with Gasteiger partial charge >= 0.3 is 0 Å². The smallest absolute Gasteiger partial charge is 0.128 e. The van der Waals surface area contributed by atoms with Crippen molar-refractivity contribution in [3.8, 4) is 33.6 Å².